The van der Waals surface area contributed by atoms with Gasteiger partial charge in [0, 0.05) is 24.6 Å². The van der Waals surface area contributed by atoms with Crippen molar-refractivity contribution in [3.63, 3.8) is 0 Å². The fraction of sp³-hybridized carbons (Fsp3) is 0.167. The van der Waals surface area contributed by atoms with Crippen LogP contribution in [0.15, 0.2) is 42.3 Å². The molecule has 92 valence electrons. The highest BCUT2D eigenvalue weighted by Gasteiger charge is 2.09. The average Bonchev–Trinajstić information content (AvgIpc) is 2.40. The summed E-state index contributed by atoms with van der Waals surface area (Å²) in [5.41, 5.74) is 1.40. The Kier molecular flexibility index (Phi) is 4.25. The molecular formula is C12H12N4OS. The first-order valence-electron chi connectivity index (χ1n) is 5.34. The van der Waals surface area contributed by atoms with Gasteiger partial charge in [0.05, 0.1) is 0 Å². The highest BCUT2D eigenvalue weighted by molar-refractivity contribution is 7.99. The number of aromatic nitrogens is 4. The van der Waals surface area contributed by atoms with Gasteiger partial charge in [-0.25, -0.2) is 0 Å². The van der Waals surface area contributed by atoms with Crippen molar-refractivity contribution in [3.05, 3.63) is 48.4 Å². The third-order valence-electron chi connectivity index (χ3n) is 2.14. The van der Waals surface area contributed by atoms with Crippen LogP contribution in [0.5, 0.6) is 5.88 Å². The lowest BCUT2D eigenvalue weighted by molar-refractivity contribution is 0.430. The summed E-state index contributed by atoms with van der Waals surface area (Å²) in [4.78, 5) is 7.99. The molecule has 0 bridgehead atoms. The summed E-state index contributed by atoms with van der Waals surface area (Å²) in [5, 5.41) is 18.2. The van der Waals surface area contributed by atoms with Crippen molar-refractivity contribution in [2.24, 2.45) is 0 Å². The Labute approximate surface area is 109 Å². The molecular weight excluding hydrogens is 248 g/mol. The predicted octanol–water partition coefficient (Wildman–Crippen LogP) is 1.84. The van der Waals surface area contributed by atoms with Crippen LogP contribution in [0.3, 0.4) is 0 Å². The van der Waals surface area contributed by atoms with Gasteiger partial charge in [-0.2, -0.15) is 4.98 Å². The second-order valence-electron chi connectivity index (χ2n) is 3.50. The van der Waals surface area contributed by atoms with Gasteiger partial charge >= 0.3 is 0 Å². The van der Waals surface area contributed by atoms with E-state index in [4.69, 9.17) is 0 Å². The monoisotopic (exact) mass is 260 g/mol. The molecule has 6 heteroatoms. The molecule has 0 spiro atoms. The topological polar surface area (TPSA) is 71.8 Å². The van der Waals surface area contributed by atoms with Crippen molar-refractivity contribution in [2.45, 2.75) is 11.6 Å². The van der Waals surface area contributed by atoms with Gasteiger partial charge in [0.1, 0.15) is 5.69 Å². The molecule has 0 fully saturated rings. The molecule has 0 aliphatic rings. The Morgan fingerprint density at radius 3 is 2.94 bits per heavy atom. The maximum absolute atomic E-state index is 9.78. The van der Waals surface area contributed by atoms with Gasteiger partial charge in [-0.05, 0) is 11.6 Å². The van der Waals surface area contributed by atoms with Crippen LogP contribution >= 0.6 is 11.8 Å². The van der Waals surface area contributed by atoms with Crippen molar-refractivity contribution >= 4 is 11.8 Å². The maximum atomic E-state index is 9.78. The van der Waals surface area contributed by atoms with E-state index >= 15 is 0 Å². The molecule has 0 amide bonds. The van der Waals surface area contributed by atoms with Gasteiger partial charge in [-0.15, -0.1) is 16.8 Å². The molecule has 18 heavy (non-hydrogen) atoms. The largest absolute Gasteiger partial charge is 0.492 e. The third-order valence-corrected chi connectivity index (χ3v) is 2.97. The fourth-order valence-corrected chi connectivity index (χ4v) is 1.85. The third kappa shape index (κ3) is 3.27. The summed E-state index contributed by atoms with van der Waals surface area (Å²) < 4.78 is 0. The van der Waals surface area contributed by atoms with Crippen LogP contribution in [0.2, 0.25) is 0 Å². The Hall–Kier alpha value is -1.95. The molecule has 5 nitrogen and oxygen atoms in total. The van der Waals surface area contributed by atoms with Gasteiger partial charge < -0.3 is 5.11 Å². The molecule has 0 atom stereocenters. The second-order valence-corrected chi connectivity index (χ2v) is 4.49. The molecule has 2 aromatic heterocycles. The Bertz CT molecular complexity index is 533. The molecule has 1 N–H and O–H groups in total. The maximum Gasteiger partial charge on any atom is 0.237 e. The van der Waals surface area contributed by atoms with Gasteiger partial charge in [0.15, 0.2) is 0 Å². The van der Waals surface area contributed by atoms with E-state index in [0.29, 0.717) is 23.0 Å². The SMILES string of the molecule is C=CCSc1nnc(Cc2cccnc2)c(O)n1. The lowest BCUT2D eigenvalue weighted by Crippen LogP contribution is -2.00. The second kappa shape index (κ2) is 6.11. The molecule has 2 heterocycles. The standard InChI is InChI=1S/C12H12N4OS/c1-2-6-18-12-14-11(17)10(15-16-12)7-9-4-3-5-13-8-9/h2-5,8H,1,6-7H2,(H,14,16,17). The number of pyridine rings is 1. The average molecular weight is 260 g/mol. The number of nitrogens with zero attached hydrogens (tertiary/aromatic N) is 4. The van der Waals surface area contributed by atoms with Crippen molar-refractivity contribution < 1.29 is 5.11 Å². The van der Waals surface area contributed by atoms with Crippen LogP contribution in [0.4, 0.5) is 0 Å². The van der Waals surface area contributed by atoms with Crippen molar-refractivity contribution in [3.8, 4) is 5.88 Å². The molecule has 0 saturated carbocycles. The number of hydrogen-bond acceptors (Lipinski definition) is 6. The molecule has 2 rings (SSSR count). The first-order chi connectivity index (χ1) is 8.79. The van der Waals surface area contributed by atoms with E-state index in [1.165, 1.54) is 11.8 Å². The summed E-state index contributed by atoms with van der Waals surface area (Å²) >= 11 is 1.37. The van der Waals surface area contributed by atoms with Gasteiger partial charge in [-0.1, -0.05) is 23.9 Å². The van der Waals surface area contributed by atoms with E-state index in [1.54, 1.807) is 18.5 Å². The Balaban J connectivity index is 2.12. The molecule has 0 aliphatic heterocycles. The summed E-state index contributed by atoms with van der Waals surface area (Å²) in [6.45, 7) is 3.61. The molecule has 0 aliphatic carbocycles. The van der Waals surface area contributed by atoms with Crippen LogP contribution in [0, 0.1) is 0 Å². The van der Waals surface area contributed by atoms with E-state index < -0.39 is 0 Å². The summed E-state index contributed by atoms with van der Waals surface area (Å²) in [5.74, 6) is 0.601. The molecule has 0 aromatic carbocycles. The number of aromatic hydroxyl groups is 1. The van der Waals surface area contributed by atoms with Gasteiger partial charge in [0.25, 0.3) is 0 Å². The van der Waals surface area contributed by atoms with Crippen molar-refractivity contribution in [1.82, 2.24) is 20.2 Å². The molecule has 0 saturated heterocycles. The first kappa shape index (κ1) is 12.5. The highest BCUT2D eigenvalue weighted by atomic mass is 32.2. The van der Waals surface area contributed by atoms with E-state index in [-0.39, 0.29) is 5.88 Å². The molecule has 0 unspecified atom stereocenters. The minimum absolute atomic E-state index is 0.0829. The predicted molar refractivity (Wildman–Crippen MR) is 69.5 cm³/mol. The Morgan fingerprint density at radius 1 is 1.39 bits per heavy atom. The van der Waals surface area contributed by atoms with Crippen LogP contribution in [-0.4, -0.2) is 31.0 Å². The number of thioether (sulfide) groups is 1. The van der Waals surface area contributed by atoms with Crippen molar-refractivity contribution in [1.29, 1.82) is 0 Å². The van der Waals surface area contributed by atoms with E-state index in [2.05, 4.69) is 26.7 Å². The van der Waals surface area contributed by atoms with E-state index in [1.807, 2.05) is 12.1 Å². The van der Waals surface area contributed by atoms with Crippen LogP contribution in [0.1, 0.15) is 11.3 Å². The quantitative estimate of drug-likeness (QED) is 0.653. The smallest absolute Gasteiger partial charge is 0.237 e. The molecule has 2 aromatic rings. The summed E-state index contributed by atoms with van der Waals surface area (Å²) in [7, 11) is 0. The lowest BCUT2D eigenvalue weighted by Gasteiger charge is -2.03. The fourth-order valence-electron chi connectivity index (χ4n) is 1.33. The summed E-state index contributed by atoms with van der Waals surface area (Å²) in [6, 6.07) is 3.75. The zero-order valence-corrected chi connectivity index (χ0v) is 10.5. The van der Waals surface area contributed by atoms with Crippen LogP contribution < -0.4 is 0 Å². The van der Waals surface area contributed by atoms with Crippen LogP contribution in [0.25, 0.3) is 0 Å². The zero-order chi connectivity index (χ0) is 12.8. The van der Waals surface area contributed by atoms with Gasteiger partial charge in [0.2, 0.25) is 11.0 Å². The molecule has 0 radical (unpaired) electrons. The first-order valence-corrected chi connectivity index (χ1v) is 6.33. The zero-order valence-electron chi connectivity index (χ0n) is 9.65. The van der Waals surface area contributed by atoms with E-state index in [0.717, 1.165) is 5.56 Å². The Morgan fingerprint density at radius 2 is 2.28 bits per heavy atom. The van der Waals surface area contributed by atoms with Gasteiger partial charge in [-0.3, -0.25) is 4.98 Å². The highest BCUT2D eigenvalue weighted by Crippen LogP contribution is 2.19. The minimum Gasteiger partial charge on any atom is -0.492 e. The normalized spacial score (nSPS) is 10.2. The minimum atomic E-state index is -0.0829. The summed E-state index contributed by atoms with van der Waals surface area (Å²) in [6.07, 6.45) is 5.63. The number of hydrogen-bond donors (Lipinski definition) is 1. The number of rotatable bonds is 5. The lowest BCUT2D eigenvalue weighted by atomic mass is 10.2. The van der Waals surface area contributed by atoms with Crippen molar-refractivity contribution in [2.75, 3.05) is 5.75 Å². The van der Waals surface area contributed by atoms with E-state index in [9.17, 15) is 5.11 Å². The van der Waals surface area contributed by atoms with Crippen LogP contribution in [-0.2, 0) is 6.42 Å².